The number of nitrogens with zero attached hydrogens (tertiary/aromatic N) is 2. The third kappa shape index (κ3) is 2.85. The Morgan fingerprint density at radius 1 is 1.43 bits per heavy atom. The van der Waals surface area contributed by atoms with Crippen molar-refractivity contribution < 1.29 is 19.4 Å². The average Bonchev–Trinajstić information content (AvgIpc) is 2.81. The molecular formula is C15H17N3O5. The number of H-pyrrole nitrogens is 1. The smallest absolute Gasteiger partial charge is 0.326 e. The van der Waals surface area contributed by atoms with Crippen LogP contribution in [0.25, 0.3) is 11.0 Å². The molecule has 0 radical (unpaired) electrons. The van der Waals surface area contributed by atoms with E-state index in [4.69, 9.17) is 9.84 Å². The Hall–Kier alpha value is -2.61. The van der Waals surface area contributed by atoms with E-state index in [9.17, 15) is 14.4 Å². The Morgan fingerprint density at radius 2 is 2.22 bits per heavy atom. The highest BCUT2D eigenvalue weighted by Gasteiger charge is 2.30. The van der Waals surface area contributed by atoms with Crippen LogP contribution in [0.1, 0.15) is 16.8 Å². The molecule has 1 fully saturated rings. The highest BCUT2D eigenvalue weighted by molar-refractivity contribution is 5.97. The van der Waals surface area contributed by atoms with Gasteiger partial charge in [-0.3, -0.25) is 14.2 Å². The Balaban J connectivity index is 1.93. The first-order valence-electron chi connectivity index (χ1n) is 7.26. The molecule has 8 heteroatoms. The van der Waals surface area contributed by atoms with Crippen LogP contribution in [0.5, 0.6) is 0 Å². The van der Waals surface area contributed by atoms with Crippen molar-refractivity contribution in [2.45, 2.75) is 12.5 Å². The van der Waals surface area contributed by atoms with Crippen LogP contribution in [0.3, 0.4) is 0 Å². The van der Waals surface area contributed by atoms with Crippen molar-refractivity contribution in [3.63, 3.8) is 0 Å². The summed E-state index contributed by atoms with van der Waals surface area (Å²) in [6, 6.07) is 4.47. The zero-order valence-electron chi connectivity index (χ0n) is 12.6. The first kappa shape index (κ1) is 15.3. The quantitative estimate of drug-likeness (QED) is 0.840. The van der Waals surface area contributed by atoms with Crippen LogP contribution in [0.15, 0.2) is 23.0 Å². The Bertz CT molecular complexity index is 822. The molecule has 1 unspecified atom stereocenters. The Labute approximate surface area is 131 Å². The highest BCUT2D eigenvalue weighted by atomic mass is 16.5. The lowest BCUT2D eigenvalue weighted by molar-refractivity contribution is -0.139. The van der Waals surface area contributed by atoms with Gasteiger partial charge in [0.15, 0.2) is 0 Å². The van der Waals surface area contributed by atoms with E-state index in [1.807, 2.05) is 0 Å². The summed E-state index contributed by atoms with van der Waals surface area (Å²) < 4.78 is 6.71. The number of carbonyl (C=O) groups excluding carboxylic acids is 1. The number of hydrogen-bond acceptors (Lipinski definition) is 4. The van der Waals surface area contributed by atoms with Crippen molar-refractivity contribution in [3.8, 4) is 0 Å². The van der Waals surface area contributed by atoms with Crippen molar-refractivity contribution in [3.05, 3.63) is 34.2 Å². The number of carboxylic acids is 1. The monoisotopic (exact) mass is 319 g/mol. The summed E-state index contributed by atoms with van der Waals surface area (Å²) in [4.78, 5) is 39.5. The fourth-order valence-corrected chi connectivity index (χ4v) is 2.82. The molecule has 2 heterocycles. The lowest BCUT2D eigenvalue weighted by atomic mass is 10.1. The molecule has 0 bridgehead atoms. The van der Waals surface area contributed by atoms with Crippen molar-refractivity contribution in [1.82, 2.24) is 14.5 Å². The Kier molecular flexibility index (Phi) is 3.91. The first-order chi connectivity index (χ1) is 11.0. The lowest BCUT2D eigenvalue weighted by Gasteiger charge is -2.34. The van der Waals surface area contributed by atoms with E-state index >= 15 is 0 Å². The number of amides is 1. The van der Waals surface area contributed by atoms with Gasteiger partial charge in [-0.05, 0) is 18.2 Å². The second-order valence-corrected chi connectivity index (χ2v) is 5.55. The zero-order chi connectivity index (χ0) is 16.6. The molecule has 2 N–H and O–H groups in total. The van der Waals surface area contributed by atoms with Crippen molar-refractivity contribution in [2.24, 2.45) is 7.05 Å². The van der Waals surface area contributed by atoms with Crippen molar-refractivity contribution in [2.75, 3.05) is 19.8 Å². The predicted octanol–water partition coefficient (Wildman–Crippen LogP) is 0.182. The molecule has 0 saturated carbocycles. The fourth-order valence-electron chi connectivity index (χ4n) is 2.82. The van der Waals surface area contributed by atoms with E-state index in [1.54, 1.807) is 25.2 Å². The van der Waals surface area contributed by atoms with Gasteiger partial charge in [-0.2, -0.15) is 0 Å². The van der Waals surface area contributed by atoms with E-state index in [2.05, 4.69) is 4.98 Å². The topological polar surface area (TPSA) is 105 Å². The number of aromatic nitrogens is 2. The van der Waals surface area contributed by atoms with Crippen LogP contribution >= 0.6 is 0 Å². The van der Waals surface area contributed by atoms with Crippen LogP contribution < -0.4 is 5.69 Å². The van der Waals surface area contributed by atoms with E-state index in [-0.39, 0.29) is 24.6 Å². The summed E-state index contributed by atoms with van der Waals surface area (Å²) in [5, 5.41) is 8.98. The van der Waals surface area contributed by atoms with Crippen LogP contribution in [0.4, 0.5) is 0 Å². The van der Waals surface area contributed by atoms with Gasteiger partial charge >= 0.3 is 11.7 Å². The Morgan fingerprint density at radius 3 is 2.96 bits per heavy atom. The molecule has 122 valence electrons. The third-order valence-corrected chi connectivity index (χ3v) is 4.05. The van der Waals surface area contributed by atoms with Crippen LogP contribution in [0, 0.1) is 0 Å². The minimum Gasteiger partial charge on any atom is -0.481 e. The number of aryl methyl sites for hydroxylation is 1. The molecule has 0 aliphatic carbocycles. The number of ether oxygens (including phenoxy) is 1. The van der Waals surface area contributed by atoms with Gasteiger partial charge in [0.05, 0.1) is 36.7 Å². The lowest BCUT2D eigenvalue weighted by Crippen LogP contribution is -2.49. The van der Waals surface area contributed by atoms with E-state index in [1.165, 1.54) is 9.47 Å². The second kappa shape index (κ2) is 5.88. The summed E-state index contributed by atoms with van der Waals surface area (Å²) in [6.07, 6.45) is -0.156. The number of carboxylic acid groups (broad SMARTS) is 1. The number of imidazole rings is 1. The minimum atomic E-state index is -0.971. The minimum absolute atomic E-state index is 0.156. The number of rotatable bonds is 3. The molecule has 1 aromatic carbocycles. The van der Waals surface area contributed by atoms with Gasteiger partial charge in [0.25, 0.3) is 5.91 Å². The van der Waals surface area contributed by atoms with Gasteiger partial charge in [-0.25, -0.2) is 4.79 Å². The van der Waals surface area contributed by atoms with E-state index in [0.717, 1.165) is 0 Å². The molecule has 2 aromatic rings. The van der Waals surface area contributed by atoms with Gasteiger partial charge in [-0.1, -0.05) is 0 Å². The van der Waals surface area contributed by atoms with E-state index < -0.39 is 12.0 Å². The van der Waals surface area contributed by atoms with Gasteiger partial charge in [0, 0.05) is 19.2 Å². The average molecular weight is 319 g/mol. The number of nitrogens with one attached hydrogen (secondary N) is 1. The normalized spacial score (nSPS) is 18.3. The molecular weight excluding hydrogens is 302 g/mol. The molecule has 1 aliphatic heterocycles. The predicted molar refractivity (Wildman–Crippen MR) is 81.4 cm³/mol. The largest absolute Gasteiger partial charge is 0.481 e. The fraction of sp³-hybridized carbons (Fsp3) is 0.400. The molecule has 1 aromatic heterocycles. The standard InChI is InChI=1S/C15H17N3O5/c1-17-12-6-9(2-3-11(12)16-15(17)22)14(21)18-4-5-23-8-10(18)7-13(19)20/h2-3,6,10H,4-5,7-8H2,1H3,(H,16,22)(H,19,20). The third-order valence-electron chi connectivity index (χ3n) is 4.05. The number of fused-ring (bicyclic) bond motifs is 1. The number of hydrogen-bond donors (Lipinski definition) is 2. The molecule has 0 spiro atoms. The maximum Gasteiger partial charge on any atom is 0.326 e. The zero-order valence-corrected chi connectivity index (χ0v) is 12.6. The van der Waals surface area contributed by atoms with Gasteiger partial charge in [0.2, 0.25) is 0 Å². The van der Waals surface area contributed by atoms with Crippen LogP contribution in [-0.4, -0.2) is 57.2 Å². The molecule has 1 atom stereocenters. The molecule has 3 rings (SSSR count). The molecule has 1 saturated heterocycles. The van der Waals surface area contributed by atoms with Crippen molar-refractivity contribution in [1.29, 1.82) is 0 Å². The number of carbonyl (C=O) groups is 2. The maximum atomic E-state index is 12.7. The second-order valence-electron chi connectivity index (χ2n) is 5.55. The van der Waals surface area contributed by atoms with Crippen molar-refractivity contribution >= 4 is 22.9 Å². The van der Waals surface area contributed by atoms with Crippen LogP contribution in [0.2, 0.25) is 0 Å². The first-order valence-corrected chi connectivity index (χ1v) is 7.26. The van der Waals surface area contributed by atoms with Gasteiger partial charge in [0.1, 0.15) is 0 Å². The van der Waals surface area contributed by atoms with Crippen LogP contribution in [-0.2, 0) is 16.6 Å². The summed E-state index contributed by atoms with van der Waals surface area (Å²) >= 11 is 0. The van der Waals surface area contributed by atoms with Gasteiger partial charge < -0.3 is 19.7 Å². The number of aliphatic carboxylic acids is 1. The van der Waals surface area contributed by atoms with Gasteiger partial charge in [-0.15, -0.1) is 0 Å². The molecule has 23 heavy (non-hydrogen) atoms. The summed E-state index contributed by atoms with van der Waals surface area (Å²) in [7, 11) is 1.62. The number of morpholine rings is 1. The highest BCUT2D eigenvalue weighted by Crippen LogP contribution is 2.18. The molecule has 1 amide bonds. The SMILES string of the molecule is Cn1c(=O)[nH]c2ccc(C(=O)N3CCOCC3CC(=O)O)cc21. The van der Waals surface area contributed by atoms with E-state index in [0.29, 0.717) is 29.7 Å². The number of aromatic amines is 1. The summed E-state index contributed by atoms with van der Waals surface area (Å²) in [6.45, 7) is 0.941. The number of benzene rings is 1. The maximum absolute atomic E-state index is 12.7. The summed E-state index contributed by atoms with van der Waals surface area (Å²) in [5.41, 5.74) is 1.45. The molecule has 1 aliphatic rings. The summed E-state index contributed by atoms with van der Waals surface area (Å²) in [5.74, 6) is -1.23. The molecule has 8 nitrogen and oxygen atoms in total.